The number of nitrogens with zero attached hydrogens (tertiary/aromatic N) is 1. The summed E-state index contributed by atoms with van der Waals surface area (Å²) in [6.45, 7) is 14.7. The number of rotatable bonds is 3. The molecule has 106 valence electrons. The minimum atomic E-state index is 0.375. The smallest absolute Gasteiger partial charge is 0.0678 e. The van der Waals surface area contributed by atoms with Crippen LogP contribution in [-0.4, -0.2) is 48.8 Å². The lowest BCUT2D eigenvalue weighted by atomic mass is 9.86. The van der Waals surface area contributed by atoms with E-state index in [4.69, 9.17) is 4.74 Å². The Morgan fingerprint density at radius 3 is 2.39 bits per heavy atom. The van der Waals surface area contributed by atoms with Crippen molar-refractivity contribution in [3.8, 4) is 0 Å². The number of ether oxygens (including phenoxy) is 1. The first kappa shape index (κ1) is 14.3. The van der Waals surface area contributed by atoms with Crippen molar-refractivity contribution in [3.05, 3.63) is 0 Å². The van der Waals surface area contributed by atoms with Crippen molar-refractivity contribution in [2.24, 2.45) is 5.41 Å². The topological polar surface area (TPSA) is 24.5 Å². The highest BCUT2D eigenvalue weighted by atomic mass is 16.5. The third-order valence-corrected chi connectivity index (χ3v) is 4.65. The van der Waals surface area contributed by atoms with Crippen LogP contribution in [0.2, 0.25) is 0 Å². The fraction of sp³-hybridized carbons (Fsp3) is 1.00. The predicted molar refractivity (Wildman–Crippen MR) is 75.8 cm³/mol. The molecule has 18 heavy (non-hydrogen) atoms. The number of nitrogens with one attached hydrogen (secondary N) is 1. The number of hydrogen-bond acceptors (Lipinski definition) is 3. The SMILES string of the molecule is CCNC1C(N2C[C@@H](C)O[C@@H](C)C2)CCC1(C)C. The maximum absolute atomic E-state index is 5.86. The van der Waals surface area contributed by atoms with E-state index in [9.17, 15) is 0 Å². The lowest BCUT2D eigenvalue weighted by Crippen LogP contribution is -2.57. The van der Waals surface area contributed by atoms with E-state index >= 15 is 0 Å². The van der Waals surface area contributed by atoms with Crippen LogP contribution >= 0.6 is 0 Å². The molecule has 1 aliphatic carbocycles. The second-order valence-corrected chi connectivity index (χ2v) is 6.84. The Hall–Kier alpha value is -0.120. The Morgan fingerprint density at radius 1 is 1.22 bits per heavy atom. The van der Waals surface area contributed by atoms with Gasteiger partial charge in [0.15, 0.2) is 0 Å². The summed E-state index contributed by atoms with van der Waals surface area (Å²) in [5.74, 6) is 0. The summed E-state index contributed by atoms with van der Waals surface area (Å²) in [5.41, 5.74) is 0.422. The van der Waals surface area contributed by atoms with Crippen LogP contribution in [0.15, 0.2) is 0 Å². The third-order valence-electron chi connectivity index (χ3n) is 4.65. The number of morpholine rings is 1. The first-order chi connectivity index (χ1) is 8.44. The van der Waals surface area contributed by atoms with E-state index in [1.807, 2.05) is 0 Å². The molecule has 2 unspecified atom stereocenters. The molecule has 3 nitrogen and oxygen atoms in total. The predicted octanol–water partition coefficient (Wildman–Crippen LogP) is 2.26. The van der Waals surface area contributed by atoms with Gasteiger partial charge in [0, 0.05) is 25.2 Å². The first-order valence-corrected chi connectivity index (χ1v) is 7.57. The molecule has 2 fully saturated rings. The average Bonchev–Trinajstić information content (AvgIpc) is 2.54. The molecule has 0 aromatic heterocycles. The minimum Gasteiger partial charge on any atom is -0.373 e. The van der Waals surface area contributed by atoms with Crippen LogP contribution in [0.1, 0.15) is 47.5 Å². The van der Waals surface area contributed by atoms with Crippen molar-refractivity contribution in [1.29, 1.82) is 0 Å². The minimum absolute atomic E-state index is 0.375. The van der Waals surface area contributed by atoms with Crippen LogP contribution in [0.4, 0.5) is 0 Å². The van der Waals surface area contributed by atoms with Gasteiger partial charge in [-0.15, -0.1) is 0 Å². The monoisotopic (exact) mass is 254 g/mol. The molecule has 3 heteroatoms. The molecule has 1 heterocycles. The van der Waals surface area contributed by atoms with Crippen molar-refractivity contribution in [3.63, 3.8) is 0 Å². The summed E-state index contributed by atoms with van der Waals surface area (Å²) in [6, 6.07) is 1.31. The van der Waals surface area contributed by atoms with Crippen LogP contribution < -0.4 is 5.32 Å². The van der Waals surface area contributed by atoms with E-state index in [0.717, 1.165) is 19.6 Å². The normalized spacial score (nSPS) is 41.2. The molecule has 1 N–H and O–H groups in total. The number of hydrogen-bond donors (Lipinski definition) is 1. The molecule has 0 radical (unpaired) electrons. The lowest BCUT2D eigenvalue weighted by molar-refractivity contribution is -0.0837. The van der Waals surface area contributed by atoms with E-state index in [0.29, 0.717) is 29.7 Å². The zero-order valence-electron chi connectivity index (χ0n) is 12.7. The first-order valence-electron chi connectivity index (χ1n) is 7.57. The van der Waals surface area contributed by atoms with Gasteiger partial charge in [0.1, 0.15) is 0 Å². The van der Waals surface area contributed by atoms with Gasteiger partial charge in [0.25, 0.3) is 0 Å². The standard InChI is InChI=1S/C15H30N2O/c1-6-16-14-13(7-8-15(14,4)5)17-9-11(2)18-12(3)10-17/h11-14,16H,6-10H2,1-5H3/t11-,12+,13?,14?. The zero-order valence-corrected chi connectivity index (χ0v) is 12.7. The van der Waals surface area contributed by atoms with Gasteiger partial charge in [-0.2, -0.15) is 0 Å². The van der Waals surface area contributed by atoms with E-state index in [-0.39, 0.29) is 0 Å². The molecule has 1 saturated heterocycles. The maximum atomic E-state index is 5.86. The summed E-state index contributed by atoms with van der Waals surface area (Å²) in [6.07, 6.45) is 3.40. The molecule has 1 aliphatic heterocycles. The Kier molecular flexibility index (Phi) is 4.35. The summed E-state index contributed by atoms with van der Waals surface area (Å²) in [5, 5.41) is 3.73. The van der Waals surface area contributed by atoms with Gasteiger partial charge < -0.3 is 10.1 Å². The van der Waals surface area contributed by atoms with Crippen LogP contribution in [0, 0.1) is 5.41 Å². The summed E-state index contributed by atoms with van der Waals surface area (Å²) >= 11 is 0. The molecule has 2 aliphatic rings. The number of likely N-dealkylation sites (N-methyl/N-ethyl adjacent to an activating group) is 1. The lowest BCUT2D eigenvalue weighted by Gasteiger charge is -2.43. The van der Waals surface area contributed by atoms with Crippen molar-refractivity contribution in [2.75, 3.05) is 19.6 Å². The molecule has 1 saturated carbocycles. The molecule has 4 atom stereocenters. The van der Waals surface area contributed by atoms with Gasteiger partial charge in [-0.3, -0.25) is 4.90 Å². The fourth-order valence-electron chi connectivity index (χ4n) is 3.88. The van der Waals surface area contributed by atoms with E-state index in [1.54, 1.807) is 0 Å². The van der Waals surface area contributed by atoms with Gasteiger partial charge in [-0.05, 0) is 38.6 Å². The Morgan fingerprint density at radius 2 is 1.83 bits per heavy atom. The summed E-state index contributed by atoms with van der Waals surface area (Å²) < 4.78 is 5.86. The van der Waals surface area contributed by atoms with Gasteiger partial charge in [-0.1, -0.05) is 20.8 Å². The van der Waals surface area contributed by atoms with Crippen molar-refractivity contribution in [1.82, 2.24) is 10.2 Å². The van der Waals surface area contributed by atoms with Crippen molar-refractivity contribution in [2.45, 2.75) is 71.8 Å². The van der Waals surface area contributed by atoms with Gasteiger partial charge >= 0.3 is 0 Å². The molecular formula is C15H30N2O. The molecule has 0 aromatic carbocycles. The largest absolute Gasteiger partial charge is 0.373 e. The average molecular weight is 254 g/mol. The highest BCUT2D eigenvalue weighted by Crippen LogP contribution is 2.40. The van der Waals surface area contributed by atoms with Crippen molar-refractivity contribution >= 4 is 0 Å². The van der Waals surface area contributed by atoms with Gasteiger partial charge in [-0.25, -0.2) is 0 Å². The van der Waals surface area contributed by atoms with Gasteiger partial charge in [0.2, 0.25) is 0 Å². The van der Waals surface area contributed by atoms with Crippen LogP contribution in [-0.2, 0) is 4.74 Å². The fourth-order valence-corrected chi connectivity index (χ4v) is 3.88. The van der Waals surface area contributed by atoms with E-state index in [1.165, 1.54) is 12.8 Å². The summed E-state index contributed by atoms with van der Waals surface area (Å²) in [7, 11) is 0. The highest BCUT2D eigenvalue weighted by Gasteiger charge is 2.45. The molecule has 0 bridgehead atoms. The maximum Gasteiger partial charge on any atom is 0.0678 e. The second-order valence-electron chi connectivity index (χ2n) is 6.84. The Labute approximate surface area is 112 Å². The van der Waals surface area contributed by atoms with Crippen molar-refractivity contribution < 1.29 is 4.74 Å². The second kappa shape index (κ2) is 5.48. The molecule has 0 amide bonds. The van der Waals surface area contributed by atoms with Crippen LogP contribution in [0.25, 0.3) is 0 Å². The Bertz CT molecular complexity index is 270. The quantitative estimate of drug-likeness (QED) is 0.836. The van der Waals surface area contributed by atoms with Gasteiger partial charge in [0.05, 0.1) is 12.2 Å². The Balaban J connectivity index is 2.07. The highest BCUT2D eigenvalue weighted by molar-refractivity contribution is 5.01. The van der Waals surface area contributed by atoms with Crippen LogP contribution in [0.5, 0.6) is 0 Å². The molecule has 2 rings (SSSR count). The zero-order chi connectivity index (χ0) is 13.3. The molecule has 0 aromatic rings. The summed E-state index contributed by atoms with van der Waals surface area (Å²) in [4.78, 5) is 2.67. The van der Waals surface area contributed by atoms with Crippen LogP contribution in [0.3, 0.4) is 0 Å². The van der Waals surface area contributed by atoms with E-state index in [2.05, 4.69) is 44.8 Å². The molecule has 0 spiro atoms. The third kappa shape index (κ3) is 2.89. The van der Waals surface area contributed by atoms with E-state index < -0.39 is 0 Å². The molecular weight excluding hydrogens is 224 g/mol.